The van der Waals surface area contributed by atoms with Crippen molar-refractivity contribution in [2.75, 3.05) is 0 Å². The van der Waals surface area contributed by atoms with Gasteiger partial charge in [0.15, 0.2) is 0 Å². The Balaban J connectivity index is 5.76. The van der Waals surface area contributed by atoms with Crippen molar-refractivity contribution in [2.24, 2.45) is 16.8 Å². The topological polar surface area (TPSA) is 185 Å². The highest BCUT2D eigenvalue weighted by atomic mass is 16.4. The van der Waals surface area contributed by atoms with Crippen LogP contribution in [0.15, 0.2) is 0 Å². The molecule has 0 atom stereocenters. The van der Waals surface area contributed by atoms with Gasteiger partial charge in [0, 0.05) is 10.9 Å². The number of nitrogens with two attached hydrogens (primary N) is 2. The number of carboxylic acids is 2. The first-order chi connectivity index (χ1) is 10.2. The lowest BCUT2D eigenvalue weighted by Crippen LogP contribution is -2.66. The Morgan fingerprint density at radius 2 is 1.39 bits per heavy atom. The minimum atomic E-state index is -3.34. The molecule has 0 aliphatic rings. The molecular formula is C11H22B2N4O6. The molecule has 0 radical (unpaired) electrons. The van der Waals surface area contributed by atoms with Crippen LogP contribution in [0.2, 0.25) is 0 Å². The molecule has 0 heterocycles. The van der Waals surface area contributed by atoms with Crippen molar-refractivity contribution < 1.29 is 29.4 Å². The normalized spacial score (nSPS) is 12.1. The first-order valence-corrected chi connectivity index (χ1v) is 6.77. The Bertz CT molecular complexity index is 503. The van der Waals surface area contributed by atoms with Crippen molar-refractivity contribution in [3.8, 4) is 0 Å². The zero-order chi connectivity index (χ0) is 18.6. The summed E-state index contributed by atoms with van der Waals surface area (Å²) in [7, 11) is -0.312. The number of aliphatic carboxylic acids is 2. The minimum Gasteiger partial charge on any atom is -0.480 e. The Morgan fingerprint density at radius 3 is 1.70 bits per heavy atom. The molecule has 0 saturated carbocycles. The molecule has 0 aliphatic heterocycles. The monoisotopic (exact) mass is 328 g/mol. The molecule has 10 nitrogen and oxygen atoms in total. The average molecular weight is 328 g/mol. The Hall–Kier alpha value is -2.07. The highest BCUT2D eigenvalue weighted by molar-refractivity contribution is 6.46. The van der Waals surface area contributed by atoms with Crippen molar-refractivity contribution in [1.82, 2.24) is 10.5 Å². The fourth-order valence-electron chi connectivity index (χ4n) is 1.48. The van der Waals surface area contributed by atoms with Gasteiger partial charge in [-0.25, -0.2) is 9.59 Å². The number of hydrogen-bond acceptors (Lipinski definition) is 6. The van der Waals surface area contributed by atoms with Crippen molar-refractivity contribution in [2.45, 2.75) is 38.6 Å². The smallest absolute Gasteiger partial charge is 0.340 e. The summed E-state index contributed by atoms with van der Waals surface area (Å²) in [4.78, 5) is 47.4. The molecule has 0 aliphatic carbocycles. The molecular weight excluding hydrogens is 306 g/mol. The number of carbonyl (C=O) groups excluding carboxylic acids is 2. The summed E-state index contributed by atoms with van der Waals surface area (Å²) in [6, 6.07) is 0. The van der Waals surface area contributed by atoms with E-state index in [-0.39, 0.29) is 14.8 Å². The largest absolute Gasteiger partial charge is 0.480 e. The molecule has 0 saturated heterocycles. The van der Waals surface area contributed by atoms with E-state index in [2.05, 4.69) is 10.5 Å². The standard InChI is InChI=1S/C11H22B2N4O6/c1-9(2,14)13-17-6(19)11(7(20)21,8(22)23)5(18)16-10(3,4)12-15/h12-13H,14-15H2,1-4H3,(H,16,18)(H,17,19)(H,20,21)(H,22,23). The summed E-state index contributed by atoms with van der Waals surface area (Å²) < 4.78 is 0. The predicted octanol–water partition coefficient (Wildman–Crippen LogP) is -3.53. The van der Waals surface area contributed by atoms with Crippen LogP contribution in [0, 0.1) is 5.41 Å². The van der Waals surface area contributed by atoms with Crippen LogP contribution >= 0.6 is 0 Å². The molecule has 0 aromatic heterocycles. The molecule has 0 rings (SSSR count). The fourth-order valence-corrected chi connectivity index (χ4v) is 1.48. The van der Waals surface area contributed by atoms with E-state index < -0.39 is 40.0 Å². The van der Waals surface area contributed by atoms with E-state index in [1.807, 2.05) is 0 Å². The summed E-state index contributed by atoms with van der Waals surface area (Å²) in [6.07, 6.45) is 0. The second-order valence-corrected chi connectivity index (χ2v) is 6.57. The van der Waals surface area contributed by atoms with Gasteiger partial charge in [-0.15, -0.1) is 0 Å². The van der Waals surface area contributed by atoms with Crippen LogP contribution in [0.3, 0.4) is 0 Å². The van der Waals surface area contributed by atoms with Crippen molar-refractivity contribution in [3.63, 3.8) is 0 Å². The third-order valence-corrected chi connectivity index (χ3v) is 2.99. The van der Waals surface area contributed by atoms with Gasteiger partial charge in [-0.1, -0.05) is 13.8 Å². The van der Waals surface area contributed by atoms with Gasteiger partial charge in [-0.05, 0) is 13.8 Å². The van der Waals surface area contributed by atoms with Crippen LogP contribution in [0.1, 0.15) is 27.7 Å². The molecule has 128 valence electrons. The van der Waals surface area contributed by atoms with Gasteiger partial charge in [-0.3, -0.25) is 9.59 Å². The SMILES string of the molecule is CC(C)(N)BNC(=O)C(C(=O)O)(C(=O)O)C(=O)NC(C)(C)BN. The summed E-state index contributed by atoms with van der Waals surface area (Å²) in [5.74, 6) is -7.19. The molecule has 0 spiro atoms. The average Bonchev–Trinajstić information content (AvgIpc) is 2.34. The lowest BCUT2D eigenvalue weighted by atomic mass is 9.69. The fraction of sp³-hybridized carbons (Fsp3) is 0.636. The van der Waals surface area contributed by atoms with E-state index in [0.717, 1.165) is 0 Å². The zero-order valence-electron chi connectivity index (χ0n) is 13.6. The van der Waals surface area contributed by atoms with Crippen molar-refractivity contribution in [1.29, 1.82) is 0 Å². The zero-order valence-corrected chi connectivity index (χ0v) is 13.6. The maximum atomic E-state index is 12.3. The number of amides is 2. The first-order valence-electron chi connectivity index (χ1n) is 6.77. The van der Waals surface area contributed by atoms with Crippen LogP contribution in [0.5, 0.6) is 0 Å². The molecule has 2 amide bonds. The van der Waals surface area contributed by atoms with Crippen LogP contribution in [0.4, 0.5) is 0 Å². The third-order valence-electron chi connectivity index (χ3n) is 2.99. The van der Waals surface area contributed by atoms with E-state index in [1.54, 1.807) is 0 Å². The number of nitrogens with one attached hydrogen (secondary N) is 2. The second-order valence-electron chi connectivity index (χ2n) is 6.57. The maximum absolute atomic E-state index is 12.3. The molecule has 0 unspecified atom stereocenters. The number of carboxylic acid groups (broad SMARTS) is 2. The van der Waals surface area contributed by atoms with Crippen LogP contribution in [-0.2, 0) is 19.2 Å². The van der Waals surface area contributed by atoms with Crippen molar-refractivity contribution >= 4 is 38.6 Å². The summed E-state index contributed by atoms with van der Waals surface area (Å²) in [5, 5.41) is 22.8. The van der Waals surface area contributed by atoms with Gasteiger partial charge < -0.3 is 32.1 Å². The van der Waals surface area contributed by atoms with Gasteiger partial charge in [0.2, 0.25) is 13.3 Å². The summed E-state index contributed by atoms with van der Waals surface area (Å²) >= 11 is 0. The van der Waals surface area contributed by atoms with Crippen LogP contribution < -0.4 is 21.9 Å². The minimum absolute atomic E-state index is 0.0918. The number of hydrogen-bond donors (Lipinski definition) is 6. The highest BCUT2D eigenvalue weighted by Gasteiger charge is 2.61. The van der Waals surface area contributed by atoms with E-state index in [9.17, 15) is 29.4 Å². The molecule has 0 bridgehead atoms. The van der Waals surface area contributed by atoms with E-state index in [1.165, 1.54) is 27.7 Å². The molecule has 12 heteroatoms. The Labute approximate surface area is 134 Å². The lowest BCUT2D eigenvalue weighted by Gasteiger charge is -2.30. The predicted molar refractivity (Wildman–Crippen MR) is 84.8 cm³/mol. The van der Waals surface area contributed by atoms with Gasteiger partial charge in [-0.2, -0.15) is 0 Å². The van der Waals surface area contributed by atoms with Gasteiger partial charge in [0.1, 0.15) is 0 Å². The second kappa shape index (κ2) is 7.00. The quantitative estimate of drug-likeness (QED) is 0.195. The van der Waals surface area contributed by atoms with Crippen LogP contribution in [0.25, 0.3) is 0 Å². The maximum Gasteiger partial charge on any atom is 0.340 e. The van der Waals surface area contributed by atoms with E-state index >= 15 is 0 Å². The molecule has 0 aromatic carbocycles. The Morgan fingerprint density at radius 1 is 0.957 bits per heavy atom. The summed E-state index contributed by atoms with van der Waals surface area (Å²) in [6.45, 7) is 5.99. The number of rotatable bonds is 8. The molecule has 8 N–H and O–H groups in total. The summed E-state index contributed by atoms with van der Waals surface area (Å²) in [5.41, 5.74) is 5.71. The van der Waals surface area contributed by atoms with E-state index in [4.69, 9.17) is 11.4 Å². The molecule has 23 heavy (non-hydrogen) atoms. The third kappa shape index (κ3) is 4.96. The van der Waals surface area contributed by atoms with Gasteiger partial charge in [0.05, 0.1) is 0 Å². The highest BCUT2D eigenvalue weighted by Crippen LogP contribution is 2.21. The van der Waals surface area contributed by atoms with E-state index in [0.29, 0.717) is 0 Å². The molecule has 0 aromatic rings. The molecule has 0 fully saturated rings. The van der Waals surface area contributed by atoms with Crippen molar-refractivity contribution in [3.05, 3.63) is 0 Å². The first kappa shape index (κ1) is 20.9. The van der Waals surface area contributed by atoms with Gasteiger partial charge in [0.25, 0.3) is 13.3 Å². The van der Waals surface area contributed by atoms with Crippen LogP contribution in [-0.4, -0.2) is 59.7 Å². The number of carbonyl (C=O) groups is 4. The lowest BCUT2D eigenvalue weighted by molar-refractivity contribution is -0.172. The van der Waals surface area contributed by atoms with Gasteiger partial charge >= 0.3 is 17.4 Å². The Kier molecular flexibility index (Phi) is 6.37.